The number of anilines is 2. The van der Waals surface area contributed by atoms with Gasteiger partial charge in [-0.15, -0.1) is 0 Å². The molecule has 2 aliphatic rings. The molecule has 0 atom stereocenters. The van der Waals surface area contributed by atoms with Crippen LogP contribution in [0.1, 0.15) is 5.56 Å². The first kappa shape index (κ1) is 19.1. The maximum absolute atomic E-state index is 12.9. The second kappa shape index (κ2) is 8.03. The van der Waals surface area contributed by atoms with Gasteiger partial charge in [-0.2, -0.15) is 0 Å². The van der Waals surface area contributed by atoms with E-state index in [0.717, 1.165) is 30.1 Å². The second-order valence-electron chi connectivity index (χ2n) is 7.31. The summed E-state index contributed by atoms with van der Waals surface area (Å²) in [5.74, 6) is 1.25. The molecule has 7 heteroatoms. The van der Waals surface area contributed by atoms with Crippen molar-refractivity contribution in [1.82, 2.24) is 4.90 Å². The zero-order valence-corrected chi connectivity index (χ0v) is 16.8. The molecule has 0 aliphatic carbocycles. The Hall–Kier alpha value is -3.22. The quantitative estimate of drug-likeness (QED) is 0.793. The SMILES string of the molecule is COc1ccc(N2CCN(C(=O)CN3C(=O)COc4ccc(C)cc43)CC2)cc1. The topological polar surface area (TPSA) is 62.3 Å². The third-order valence-electron chi connectivity index (χ3n) is 5.42. The van der Waals surface area contributed by atoms with Gasteiger partial charge in [-0.1, -0.05) is 6.07 Å². The summed E-state index contributed by atoms with van der Waals surface area (Å²) in [4.78, 5) is 30.9. The number of amides is 2. The van der Waals surface area contributed by atoms with Gasteiger partial charge in [0.2, 0.25) is 5.91 Å². The first-order chi connectivity index (χ1) is 14.0. The van der Waals surface area contributed by atoms with Crippen LogP contribution in [0.4, 0.5) is 11.4 Å². The van der Waals surface area contributed by atoms with Crippen LogP contribution in [0.5, 0.6) is 11.5 Å². The largest absolute Gasteiger partial charge is 0.497 e. The Kier molecular flexibility index (Phi) is 5.29. The molecule has 2 heterocycles. The van der Waals surface area contributed by atoms with E-state index in [0.29, 0.717) is 24.5 Å². The van der Waals surface area contributed by atoms with Crippen LogP contribution in [0.25, 0.3) is 0 Å². The molecule has 2 amide bonds. The molecule has 4 rings (SSSR count). The molecule has 0 N–H and O–H groups in total. The average Bonchev–Trinajstić information content (AvgIpc) is 2.76. The normalized spacial score (nSPS) is 16.3. The zero-order valence-electron chi connectivity index (χ0n) is 16.8. The summed E-state index contributed by atoms with van der Waals surface area (Å²) >= 11 is 0. The van der Waals surface area contributed by atoms with E-state index >= 15 is 0 Å². The Bertz CT molecular complexity index is 905. The highest BCUT2D eigenvalue weighted by molar-refractivity contribution is 6.02. The Morgan fingerprint density at radius 1 is 1.07 bits per heavy atom. The van der Waals surface area contributed by atoms with Crippen LogP contribution >= 0.6 is 0 Å². The molecule has 7 nitrogen and oxygen atoms in total. The smallest absolute Gasteiger partial charge is 0.265 e. The van der Waals surface area contributed by atoms with Crippen LogP contribution in [-0.2, 0) is 9.59 Å². The zero-order chi connectivity index (χ0) is 20.4. The van der Waals surface area contributed by atoms with Gasteiger partial charge in [-0.25, -0.2) is 0 Å². The van der Waals surface area contributed by atoms with Gasteiger partial charge in [0, 0.05) is 31.9 Å². The lowest BCUT2D eigenvalue weighted by molar-refractivity contribution is -0.132. The number of ether oxygens (including phenoxy) is 2. The summed E-state index contributed by atoms with van der Waals surface area (Å²) in [6.07, 6.45) is 0. The highest BCUT2D eigenvalue weighted by Gasteiger charge is 2.30. The highest BCUT2D eigenvalue weighted by Crippen LogP contribution is 2.32. The lowest BCUT2D eigenvalue weighted by Gasteiger charge is -2.37. The highest BCUT2D eigenvalue weighted by atomic mass is 16.5. The van der Waals surface area contributed by atoms with E-state index in [-0.39, 0.29) is 25.0 Å². The second-order valence-corrected chi connectivity index (χ2v) is 7.31. The summed E-state index contributed by atoms with van der Waals surface area (Å²) in [5, 5.41) is 0. The molecule has 2 aromatic rings. The molecular formula is C22H25N3O4. The Balaban J connectivity index is 1.39. The van der Waals surface area contributed by atoms with Crippen LogP contribution in [0.2, 0.25) is 0 Å². The van der Waals surface area contributed by atoms with E-state index in [2.05, 4.69) is 4.90 Å². The van der Waals surface area contributed by atoms with Crippen molar-refractivity contribution in [2.45, 2.75) is 6.92 Å². The summed E-state index contributed by atoms with van der Waals surface area (Å²) < 4.78 is 10.7. The van der Waals surface area contributed by atoms with Crippen molar-refractivity contribution < 1.29 is 19.1 Å². The molecule has 0 unspecified atom stereocenters. The third-order valence-corrected chi connectivity index (χ3v) is 5.42. The first-order valence-electron chi connectivity index (χ1n) is 9.76. The lowest BCUT2D eigenvalue weighted by atomic mass is 10.1. The van der Waals surface area contributed by atoms with Gasteiger partial charge < -0.3 is 19.3 Å². The predicted octanol–water partition coefficient (Wildman–Crippen LogP) is 2.08. The van der Waals surface area contributed by atoms with Crippen LogP contribution in [0, 0.1) is 6.92 Å². The van der Waals surface area contributed by atoms with Gasteiger partial charge in [0.15, 0.2) is 6.61 Å². The molecule has 1 fully saturated rings. The number of methoxy groups -OCH3 is 1. The van der Waals surface area contributed by atoms with E-state index in [4.69, 9.17) is 9.47 Å². The molecule has 1 saturated heterocycles. The number of aryl methyl sites for hydroxylation is 1. The van der Waals surface area contributed by atoms with E-state index in [1.165, 1.54) is 0 Å². The molecular weight excluding hydrogens is 370 g/mol. The Morgan fingerprint density at radius 2 is 1.79 bits per heavy atom. The lowest BCUT2D eigenvalue weighted by Crippen LogP contribution is -2.53. The van der Waals surface area contributed by atoms with Crippen LogP contribution in [-0.4, -0.2) is 63.2 Å². The van der Waals surface area contributed by atoms with E-state index in [1.807, 2.05) is 54.3 Å². The number of rotatable bonds is 4. The standard InChI is InChI=1S/C22H25N3O4/c1-16-3-8-20-19(13-16)25(22(27)15-29-20)14-21(26)24-11-9-23(10-12-24)17-4-6-18(28-2)7-5-17/h3-8,13H,9-12,14-15H2,1-2H3. The number of nitrogens with zero attached hydrogens (tertiary/aromatic N) is 3. The van der Waals surface area contributed by atoms with Gasteiger partial charge in [-0.05, 0) is 48.9 Å². The Labute approximate surface area is 170 Å². The fourth-order valence-corrected chi connectivity index (χ4v) is 3.73. The maximum Gasteiger partial charge on any atom is 0.265 e. The molecule has 0 radical (unpaired) electrons. The number of carbonyl (C=O) groups is 2. The number of hydrogen-bond acceptors (Lipinski definition) is 5. The molecule has 0 aromatic heterocycles. The summed E-state index contributed by atoms with van der Waals surface area (Å²) in [7, 11) is 1.65. The van der Waals surface area contributed by atoms with Crippen molar-refractivity contribution in [1.29, 1.82) is 0 Å². The minimum absolute atomic E-state index is 0.0331. The predicted molar refractivity (Wildman–Crippen MR) is 111 cm³/mol. The fraction of sp³-hybridized carbons (Fsp3) is 0.364. The van der Waals surface area contributed by atoms with Gasteiger partial charge in [0.05, 0.1) is 12.8 Å². The number of fused-ring (bicyclic) bond motifs is 1. The van der Waals surface area contributed by atoms with Crippen LogP contribution < -0.4 is 19.3 Å². The summed E-state index contributed by atoms with van der Waals surface area (Å²) in [6, 6.07) is 13.6. The van der Waals surface area contributed by atoms with E-state index < -0.39 is 0 Å². The average molecular weight is 395 g/mol. The fourth-order valence-electron chi connectivity index (χ4n) is 3.73. The summed E-state index contributed by atoms with van der Waals surface area (Å²) in [5.41, 5.74) is 2.81. The van der Waals surface area contributed by atoms with E-state index in [1.54, 1.807) is 12.0 Å². The maximum atomic E-state index is 12.9. The van der Waals surface area contributed by atoms with Crippen molar-refractivity contribution in [2.24, 2.45) is 0 Å². The first-order valence-corrected chi connectivity index (χ1v) is 9.76. The number of benzene rings is 2. The van der Waals surface area contributed by atoms with Crippen LogP contribution in [0.3, 0.4) is 0 Å². The van der Waals surface area contributed by atoms with Crippen molar-refractivity contribution in [2.75, 3.05) is 56.2 Å². The summed E-state index contributed by atoms with van der Waals surface area (Å²) in [6.45, 7) is 4.73. The van der Waals surface area contributed by atoms with Crippen molar-refractivity contribution >= 4 is 23.2 Å². The molecule has 0 spiro atoms. The number of hydrogen-bond donors (Lipinski definition) is 0. The molecule has 152 valence electrons. The number of piperazine rings is 1. The van der Waals surface area contributed by atoms with Gasteiger partial charge in [-0.3, -0.25) is 14.5 Å². The Morgan fingerprint density at radius 3 is 2.48 bits per heavy atom. The molecule has 2 aromatic carbocycles. The molecule has 2 aliphatic heterocycles. The van der Waals surface area contributed by atoms with Crippen molar-refractivity contribution in [3.63, 3.8) is 0 Å². The van der Waals surface area contributed by atoms with Crippen molar-refractivity contribution in [3.05, 3.63) is 48.0 Å². The van der Waals surface area contributed by atoms with E-state index in [9.17, 15) is 9.59 Å². The molecule has 0 saturated carbocycles. The number of carbonyl (C=O) groups excluding carboxylic acids is 2. The monoisotopic (exact) mass is 395 g/mol. The van der Waals surface area contributed by atoms with Gasteiger partial charge in [0.25, 0.3) is 5.91 Å². The van der Waals surface area contributed by atoms with Gasteiger partial charge >= 0.3 is 0 Å². The molecule has 0 bridgehead atoms. The third kappa shape index (κ3) is 3.99. The minimum Gasteiger partial charge on any atom is -0.497 e. The van der Waals surface area contributed by atoms with Gasteiger partial charge in [0.1, 0.15) is 18.0 Å². The van der Waals surface area contributed by atoms with Crippen LogP contribution in [0.15, 0.2) is 42.5 Å². The minimum atomic E-state index is -0.187. The molecule has 29 heavy (non-hydrogen) atoms. The van der Waals surface area contributed by atoms with Crippen molar-refractivity contribution in [3.8, 4) is 11.5 Å².